The van der Waals surface area contributed by atoms with E-state index < -0.39 is 34.2 Å². The van der Waals surface area contributed by atoms with Gasteiger partial charge < -0.3 is 5.11 Å². The van der Waals surface area contributed by atoms with E-state index >= 15 is 0 Å². The highest BCUT2D eigenvalue weighted by atomic mass is 19.4. The molecule has 0 bridgehead atoms. The molecule has 4 nitrogen and oxygen atoms in total. The maximum atomic E-state index is 13.3. The predicted molar refractivity (Wildman–Crippen MR) is 86.2 cm³/mol. The van der Waals surface area contributed by atoms with Gasteiger partial charge in [0.2, 0.25) is 0 Å². The Hall–Kier alpha value is -3.09. The first-order valence-corrected chi connectivity index (χ1v) is 7.27. The molecule has 0 fully saturated rings. The Balaban J connectivity index is 2.58. The summed E-state index contributed by atoms with van der Waals surface area (Å²) >= 11 is 0. The molecule has 0 saturated heterocycles. The zero-order valence-corrected chi connectivity index (χ0v) is 13.0. The Morgan fingerprint density at radius 3 is 2.24 bits per heavy atom. The van der Waals surface area contributed by atoms with Crippen LogP contribution in [0.1, 0.15) is 21.6 Å². The average molecular weight is 347 g/mol. The summed E-state index contributed by atoms with van der Waals surface area (Å²) in [6.45, 7) is 1.32. The van der Waals surface area contributed by atoms with Crippen LogP contribution in [-0.4, -0.2) is 15.6 Å². The number of benzene rings is 2. The van der Waals surface area contributed by atoms with Gasteiger partial charge >= 0.3 is 12.1 Å². The molecule has 0 radical (unpaired) electrons. The Kier molecular flexibility index (Phi) is 3.87. The lowest BCUT2D eigenvalue weighted by atomic mass is 9.98. The van der Waals surface area contributed by atoms with Crippen molar-refractivity contribution in [2.75, 3.05) is 0 Å². The third kappa shape index (κ3) is 2.67. The predicted octanol–water partition coefficient (Wildman–Crippen LogP) is 4.02. The van der Waals surface area contributed by atoms with Gasteiger partial charge in [0.1, 0.15) is 0 Å². The molecule has 1 aromatic heterocycles. The van der Waals surface area contributed by atoms with E-state index in [4.69, 9.17) is 0 Å². The SMILES string of the molecule is Cc1c(C(=O)O)c2c(C(F)(F)F)cccc2c(=O)n1-c1ccccc1. The second-order valence-corrected chi connectivity index (χ2v) is 5.47. The van der Waals surface area contributed by atoms with Crippen molar-refractivity contribution in [1.29, 1.82) is 0 Å². The molecule has 0 amide bonds. The number of para-hydroxylation sites is 1. The number of hydrogen-bond donors (Lipinski definition) is 1. The number of fused-ring (bicyclic) bond motifs is 1. The molecule has 0 aliphatic carbocycles. The van der Waals surface area contributed by atoms with E-state index in [1.54, 1.807) is 30.3 Å². The van der Waals surface area contributed by atoms with E-state index in [0.717, 1.165) is 16.7 Å². The van der Waals surface area contributed by atoms with Crippen LogP contribution in [0.3, 0.4) is 0 Å². The smallest absolute Gasteiger partial charge is 0.417 e. The van der Waals surface area contributed by atoms with Crippen LogP contribution in [0.5, 0.6) is 0 Å². The fraction of sp³-hybridized carbons (Fsp3) is 0.111. The van der Waals surface area contributed by atoms with Crippen LogP contribution < -0.4 is 5.56 Å². The van der Waals surface area contributed by atoms with Crippen molar-refractivity contribution >= 4 is 16.7 Å². The molecule has 25 heavy (non-hydrogen) atoms. The van der Waals surface area contributed by atoms with Gasteiger partial charge in [-0.3, -0.25) is 9.36 Å². The molecule has 0 aliphatic heterocycles. The fourth-order valence-electron chi connectivity index (χ4n) is 2.95. The first kappa shape index (κ1) is 16.8. The van der Waals surface area contributed by atoms with Gasteiger partial charge in [-0.2, -0.15) is 13.2 Å². The molecule has 0 aliphatic rings. The number of aromatic nitrogens is 1. The normalized spacial score (nSPS) is 11.7. The molecular weight excluding hydrogens is 335 g/mol. The van der Waals surface area contributed by atoms with Crippen LogP contribution in [0, 0.1) is 6.92 Å². The third-order valence-corrected chi connectivity index (χ3v) is 3.98. The van der Waals surface area contributed by atoms with Gasteiger partial charge in [-0.05, 0) is 31.2 Å². The minimum atomic E-state index is -4.78. The van der Waals surface area contributed by atoms with Crippen molar-refractivity contribution in [1.82, 2.24) is 4.57 Å². The summed E-state index contributed by atoms with van der Waals surface area (Å²) in [7, 11) is 0. The number of carbonyl (C=O) groups is 1. The quantitative estimate of drug-likeness (QED) is 0.762. The topological polar surface area (TPSA) is 59.3 Å². The number of alkyl halides is 3. The summed E-state index contributed by atoms with van der Waals surface area (Å²) in [5, 5.41) is 8.66. The zero-order valence-electron chi connectivity index (χ0n) is 13.0. The van der Waals surface area contributed by atoms with Crippen molar-refractivity contribution in [3.8, 4) is 5.69 Å². The van der Waals surface area contributed by atoms with E-state index in [9.17, 15) is 27.9 Å². The molecule has 0 spiro atoms. The summed E-state index contributed by atoms with van der Waals surface area (Å²) in [4.78, 5) is 24.5. The maximum absolute atomic E-state index is 13.3. The van der Waals surface area contributed by atoms with Crippen molar-refractivity contribution in [2.45, 2.75) is 13.1 Å². The molecule has 2 aromatic carbocycles. The van der Waals surface area contributed by atoms with Gasteiger partial charge in [-0.25, -0.2) is 4.79 Å². The van der Waals surface area contributed by atoms with Crippen LogP contribution in [0.4, 0.5) is 13.2 Å². The number of carboxylic acid groups (broad SMARTS) is 1. The van der Waals surface area contributed by atoms with Crippen molar-refractivity contribution in [2.24, 2.45) is 0 Å². The Morgan fingerprint density at radius 1 is 1.04 bits per heavy atom. The Morgan fingerprint density at radius 2 is 1.68 bits per heavy atom. The molecular formula is C18H12F3NO3. The monoisotopic (exact) mass is 347 g/mol. The highest BCUT2D eigenvalue weighted by Crippen LogP contribution is 2.36. The van der Waals surface area contributed by atoms with E-state index in [0.29, 0.717) is 5.69 Å². The molecule has 0 saturated carbocycles. The van der Waals surface area contributed by atoms with Crippen molar-refractivity contribution < 1.29 is 23.1 Å². The van der Waals surface area contributed by atoms with E-state index in [2.05, 4.69) is 0 Å². The maximum Gasteiger partial charge on any atom is 0.417 e. The molecule has 1 heterocycles. The number of carboxylic acids is 1. The summed E-state index contributed by atoms with van der Waals surface area (Å²) in [6.07, 6.45) is -4.78. The van der Waals surface area contributed by atoms with Gasteiger partial charge in [0.25, 0.3) is 5.56 Å². The summed E-state index contributed by atoms with van der Waals surface area (Å²) in [6, 6.07) is 11.3. The highest BCUT2D eigenvalue weighted by Gasteiger charge is 2.35. The lowest BCUT2D eigenvalue weighted by Crippen LogP contribution is -2.25. The molecule has 3 aromatic rings. The molecule has 128 valence electrons. The van der Waals surface area contributed by atoms with Gasteiger partial charge in [-0.1, -0.05) is 24.3 Å². The van der Waals surface area contributed by atoms with E-state index in [1.165, 1.54) is 13.0 Å². The lowest BCUT2D eigenvalue weighted by molar-refractivity contribution is -0.136. The highest BCUT2D eigenvalue weighted by molar-refractivity contribution is 6.06. The minimum Gasteiger partial charge on any atom is -0.478 e. The molecule has 0 atom stereocenters. The summed E-state index contributed by atoms with van der Waals surface area (Å²) in [5.74, 6) is -1.52. The van der Waals surface area contributed by atoms with Gasteiger partial charge in [0.15, 0.2) is 0 Å². The number of rotatable bonds is 2. The Bertz CT molecular complexity index is 1040. The standard InChI is InChI=1S/C18H12F3NO3/c1-10-14(17(24)25)15-12(8-5-9-13(15)18(19,20)21)16(23)22(10)11-6-3-2-4-7-11/h2-9H,1H3,(H,24,25). The molecule has 1 N–H and O–H groups in total. The third-order valence-electron chi connectivity index (χ3n) is 3.98. The first-order valence-electron chi connectivity index (χ1n) is 7.27. The van der Waals surface area contributed by atoms with Crippen LogP contribution in [0.15, 0.2) is 53.3 Å². The number of halogens is 3. The number of aromatic carboxylic acids is 1. The van der Waals surface area contributed by atoms with Crippen molar-refractivity contribution in [3.63, 3.8) is 0 Å². The Labute approximate surface area is 139 Å². The lowest BCUT2D eigenvalue weighted by Gasteiger charge is -2.18. The largest absolute Gasteiger partial charge is 0.478 e. The number of pyridine rings is 1. The minimum absolute atomic E-state index is 0.0621. The van der Waals surface area contributed by atoms with E-state index in [1.807, 2.05) is 0 Å². The zero-order chi connectivity index (χ0) is 18.4. The molecule has 3 rings (SSSR count). The fourth-order valence-corrected chi connectivity index (χ4v) is 2.95. The van der Waals surface area contributed by atoms with Gasteiger partial charge in [0, 0.05) is 22.2 Å². The van der Waals surface area contributed by atoms with Crippen molar-refractivity contribution in [3.05, 3.63) is 75.7 Å². The van der Waals surface area contributed by atoms with Gasteiger partial charge in [-0.15, -0.1) is 0 Å². The van der Waals surface area contributed by atoms with Gasteiger partial charge in [0.05, 0.1) is 11.1 Å². The van der Waals surface area contributed by atoms with Crippen LogP contribution in [-0.2, 0) is 6.18 Å². The average Bonchev–Trinajstić information content (AvgIpc) is 2.54. The summed E-state index contributed by atoms with van der Waals surface area (Å²) < 4.78 is 41.2. The van der Waals surface area contributed by atoms with Crippen LogP contribution in [0.25, 0.3) is 16.5 Å². The molecule has 0 unspecified atom stereocenters. The first-order chi connectivity index (χ1) is 11.7. The number of hydrogen-bond acceptors (Lipinski definition) is 2. The van der Waals surface area contributed by atoms with Crippen LogP contribution >= 0.6 is 0 Å². The van der Waals surface area contributed by atoms with E-state index in [-0.39, 0.29) is 11.1 Å². The number of nitrogens with zero attached hydrogens (tertiary/aromatic N) is 1. The molecule has 7 heteroatoms. The second kappa shape index (κ2) is 5.77. The second-order valence-electron chi connectivity index (χ2n) is 5.47. The summed E-state index contributed by atoms with van der Waals surface area (Å²) in [5.41, 5.74) is -2.05. The van der Waals surface area contributed by atoms with Crippen LogP contribution in [0.2, 0.25) is 0 Å².